The molecule has 0 saturated heterocycles. The minimum atomic E-state index is -0.127. The van der Waals surface area contributed by atoms with Gasteiger partial charge in [0.25, 0.3) is 0 Å². The highest BCUT2D eigenvalue weighted by atomic mass is 16.3. The minimum absolute atomic E-state index is 0.127. The number of aromatic nitrogens is 1. The van der Waals surface area contributed by atoms with E-state index in [1.54, 1.807) is 0 Å². The first-order chi connectivity index (χ1) is 7.63. The van der Waals surface area contributed by atoms with Crippen molar-refractivity contribution < 1.29 is 9.90 Å². The smallest absolute Gasteiger partial charge is 0.151 e. The maximum absolute atomic E-state index is 10.9. The van der Waals surface area contributed by atoms with Gasteiger partial charge in [-0.15, -0.1) is 0 Å². The van der Waals surface area contributed by atoms with Crippen LogP contribution in [0.3, 0.4) is 0 Å². The molecule has 0 spiro atoms. The van der Waals surface area contributed by atoms with Gasteiger partial charge in [-0.25, -0.2) is 0 Å². The molecule has 0 aliphatic heterocycles. The Morgan fingerprint density at radius 1 is 1.31 bits per heavy atom. The van der Waals surface area contributed by atoms with Gasteiger partial charge in [-0.2, -0.15) is 0 Å². The number of aldehydes is 1. The molecule has 16 heavy (non-hydrogen) atoms. The fourth-order valence-corrected chi connectivity index (χ4v) is 2.80. The van der Waals surface area contributed by atoms with Crippen LogP contribution in [0.5, 0.6) is 0 Å². The second kappa shape index (κ2) is 4.42. The van der Waals surface area contributed by atoms with Crippen molar-refractivity contribution in [1.82, 2.24) is 4.57 Å². The number of aliphatic hydroxyl groups is 1. The first-order valence-corrected chi connectivity index (χ1v) is 5.95. The van der Waals surface area contributed by atoms with Gasteiger partial charge in [-0.3, -0.25) is 4.79 Å². The molecule has 1 aromatic rings. The summed E-state index contributed by atoms with van der Waals surface area (Å²) in [5.74, 6) is 0. The molecule has 88 valence electrons. The Morgan fingerprint density at radius 2 is 1.94 bits per heavy atom. The lowest BCUT2D eigenvalue weighted by Gasteiger charge is -2.29. The fourth-order valence-electron chi connectivity index (χ4n) is 2.80. The summed E-state index contributed by atoms with van der Waals surface area (Å²) < 4.78 is 2.26. The maximum Gasteiger partial charge on any atom is 0.151 e. The van der Waals surface area contributed by atoms with Gasteiger partial charge in [0.1, 0.15) is 0 Å². The number of carbonyl (C=O) groups excluding carboxylic acids is 1. The predicted molar refractivity (Wildman–Crippen MR) is 62.8 cm³/mol. The zero-order valence-electron chi connectivity index (χ0n) is 9.94. The molecule has 0 atom stereocenters. The summed E-state index contributed by atoms with van der Waals surface area (Å²) in [5.41, 5.74) is 3.01. The zero-order valence-corrected chi connectivity index (χ0v) is 9.94. The summed E-state index contributed by atoms with van der Waals surface area (Å²) in [7, 11) is 0. The van der Waals surface area contributed by atoms with E-state index in [1.807, 2.05) is 19.9 Å². The zero-order chi connectivity index (χ0) is 11.7. The van der Waals surface area contributed by atoms with Gasteiger partial charge in [-0.05, 0) is 45.6 Å². The molecule has 0 amide bonds. The van der Waals surface area contributed by atoms with Crippen LogP contribution in [-0.2, 0) is 0 Å². The van der Waals surface area contributed by atoms with Crippen molar-refractivity contribution >= 4 is 6.29 Å². The SMILES string of the molecule is Cc1cc(C=O)c(C)n1C1CCC(O)CC1. The van der Waals surface area contributed by atoms with Gasteiger partial charge in [-0.1, -0.05) is 0 Å². The van der Waals surface area contributed by atoms with E-state index < -0.39 is 0 Å². The van der Waals surface area contributed by atoms with Gasteiger partial charge in [0, 0.05) is 23.0 Å². The van der Waals surface area contributed by atoms with Gasteiger partial charge in [0.2, 0.25) is 0 Å². The first-order valence-electron chi connectivity index (χ1n) is 5.95. The first kappa shape index (κ1) is 11.4. The highest BCUT2D eigenvalue weighted by Crippen LogP contribution is 2.31. The van der Waals surface area contributed by atoms with Gasteiger partial charge >= 0.3 is 0 Å². The third-order valence-corrected chi connectivity index (χ3v) is 3.68. The molecule has 1 aliphatic carbocycles. The fraction of sp³-hybridized carbons (Fsp3) is 0.615. The van der Waals surface area contributed by atoms with E-state index in [1.165, 1.54) is 0 Å². The van der Waals surface area contributed by atoms with Crippen molar-refractivity contribution in [2.24, 2.45) is 0 Å². The molecular weight excluding hydrogens is 202 g/mol. The largest absolute Gasteiger partial charge is 0.393 e. The average molecular weight is 221 g/mol. The quantitative estimate of drug-likeness (QED) is 0.779. The standard InChI is InChI=1S/C13H19NO2/c1-9-7-11(8-15)10(2)14(9)12-3-5-13(16)6-4-12/h7-8,12-13,16H,3-6H2,1-2H3. The van der Waals surface area contributed by atoms with E-state index in [4.69, 9.17) is 0 Å². The Balaban J connectivity index is 2.26. The van der Waals surface area contributed by atoms with Crippen LogP contribution in [0.2, 0.25) is 0 Å². The second-order valence-electron chi connectivity index (χ2n) is 4.78. The number of nitrogens with zero attached hydrogens (tertiary/aromatic N) is 1. The molecule has 1 fully saturated rings. The van der Waals surface area contributed by atoms with Crippen LogP contribution >= 0.6 is 0 Å². The summed E-state index contributed by atoms with van der Waals surface area (Å²) in [6.07, 6.45) is 4.57. The predicted octanol–water partition coefficient (Wildman–Crippen LogP) is 2.39. The molecule has 0 bridgehead atoms. The summed E-state index contributed by atoms with van der Waals surface area (Å²) in [5, 5.41) is 9.50. The Hall–Kier alpha value is -1.09. The van der Waals surface area contributed by atoms with Crippen LogP contribution in [-0.4, -0.2) is 22.1 Å². The van der Waals surface area contributed by atoms with Gasteiger partial charge < -0.3 is 9.67 Å². The molecule has 2 rings (SSSR count). The van der Waals surface area contributed by atoms with Crippen molar-refractivity contribution in [1.29, 1.82) is 0 Å². The monoisotopic (exact) mass is 221 g/mol. The lowest BCUT2D eigenvalue weighted by molar-refractivity contribution is 0.109. The molecule has 1 aromatic heterocycles. The molecule has 0 aromatic carbocycles. The van der Waals surface area contributed by atoms with Crippen LogP contribution in [0.1, 0.15) is 53.5 Å². The summed E-state index contributed by atoms with van der Waals surface area (Å²) in [6.45, 7) is 4.05. The van der Waals surface area contributed by atoms with Crippen LogP contribution in [0.4, 0.5) is 0 Å². The molecule has 1 saturated carbocycles. The van der Waals surface area contributed by atoms with Gasteiger partial charge in [0.05, 0.1) is 6.10 Å². The van der Waals surface area contributed by atoms with E-state index in [0.717, 1.165) is 48.9 Å². The highest BCUT2D eigenvalue weighted by molar-refractivity contribution is 5.77. The number of aryl methyl sites for hydroxylation is 1. The van der Waals surface area contributed by atoms with Crippen molar-refractivity contribution in [3.8, 4) is 0 Å². The Bertz CT molecular complexity index is 387. The van der Waals surface area contributed by atoms with Crippen LogP contribution in [0, 0.1) is 13.8 Å². The van der Waals surface area contributed by atoms with Crippen LogP contribution in [0.15, 0.2) is 6.07 Å². The summed E-state index contributed by atoms with van der Waals surface area (Å²) in [6, 6.07) is 2.41. The third kappa shape index (κ3) is 1.92. The van der Waals surface area contributed by atoms with E-state index in [2.05, 4.69) is 4.57 Å². The lowest BCUT2D eigenvalue weighted by Crippen LogP contribution is -2.22. The van der Waals surface area contributed by atoms with Crippen LogP contribution < -0.4 is 0 Å². The summed E-state index contributed by atoms with van der Waals surface area (Å²) >= 11 is 0. The van der Waals surface area contributed by atoms with E-state index in [9.17, 15) is 9.90 Å². The van der Waals surface area contributed by atoms with Crippen molar-refractivity contribution in [3.05, 3.63) is 23.0 Å². The molecule has 1 aliphatic rings. The average Bonchev–Trinajstić information content (AvgIpc) is 2.56. The molecule has 0 radical (unpaired) electrons. The molecular formula is C13H19NO2. The highest BCUT2D eigenvalue weighted by Gasteiger charge is 2.23. The molecule has 3 heteroatoms. The van der Waals surface area contributed by atoms with Crippen molar-refractivity contribution in [2.45, 2.75) is 51.7 Å². The number of carbonyl (C=O) groups is 1. The number of hydrogen-bond acceptors (Lipinski definition) is 2. The van der Waals surface area contributed by atoms with Gasteiger partial charge in [0.15, 0.2) is 6.29 Å². The molecule has 0 unspecified atom stereocenters. The third-order valence-electron chi connectivity index (χ3n) is 3.68. The number of aliphatic hydroxyl groups excluding tert-OH is 1. The summed E-state index contributed by atoms with van der Waals surface area (Å²) in [4.78, 5) is 10.9. The maximum atomic E-state index is 10.9. The normalized spacial score (nSPS) is 25.7. The Kier molecular flexibility index (Phi) is 3.15. The molecule has 3 nitrogen and oxygen atoms in total. The number of hydrogen-bond donors (Lipinski definition) is 1. The van der Waals surface area contributed by atoms with Crippen molar-refractivity contribution in [2.75, 3.05) is 0 Å². The van der Waals surface area contributed by atoms with E-state index in [-0.39, 0.29) is 6.10 Å². The Morgan fingerprint density at radius 3 is 2.44 bits per heavy atom. The minimum Gasteiger partial charge on any atom is -0.393 e. The number of rotatable bonds is 2. The molecule has 1 heterocycles. The lowest BCUT2D eigenvalue weighted by atomic mass is 9.92. The van der Waals surface area contributed by atoms with E-state index in [0.29, 0.717) is 6.04 Å². The van der Waals surface area contributed by atoms with Crippen molar-refractivity contribution in [3.63, 3.8) is 0 Å². The topological polar surface area (TPSA) is 42.2 Å². The molecule has 1 N–H and O–H groups in total. The van der Waals surface area contributed by atoms with E-state index >= 15 is 0 Å². The Labute approximate surface area is 96.1 Å². The van der Waals surface area contributed by atoms with Crippen LogP contribution in [0.25, 0.3) is 0 Å². The second-order valence-corrected chi connectivity index (χ2v) is 4.78.